The number of ether oxygens (including phenoxy) is 2. The lowest BCUT2D eigenvalue weighted by Crippen LogP contribution is -2.22. The fourth-order valence-corrected chi connectivity index (χ4v) is 3.47. The Hall–Kier alpha value is -1.63. The molecule has 2 aromatic rings. The summed E-state index contributed by atoms with van der Waals surface area (Å²) in [6, 6.07) is 6.20. The van der Waals surface area contributed by atoms with Crippen LogP contribution in [-0.4, -0.2) is 47.5 Å². The minimum Gasteiger partial charge on any atom is -0.491 e. The van der Waals surface area contributed by atoms with Crippen molar-refractivity contribution < 1.29 is 14.6 Å². The van der Waals surface area contributed by atoms with Crippen molar-refractivity contribution in [3.8, 4) is 5.75 Å². The number of benzene rings is 1. The third-order valence-electron chi connectivity index (χ3n) is 4.85. The SMILES string of the molecule is COCC(O)COc1ccc2ncnc(NC3CCCCCCC3)c2c1.Cl. The van der Waals surface area contributed by atoms with Crippen LogP contribution >= 0.6 is 12.4 Å². The number of aliphatic hydroxyl groups is 1. The molecule has 0 spiro atoms. The molecular formula is C20H30ClN3O3. The number of halogens is 1. The van der Waals surface area contributed by atoms with Crippen molar-refractivity contribution >= 4 is 29.1 Å². The summed E-state index contributed by atoms with van der Waals surface area (Å²) in [6.07, 6.45) is 9.88. The maximum absolute atomic E-state index is 9.76. The molecule has 2 N–H and O–H groups in total. The monoisotopic (exact) mass is 395 g/mol. The fraction of sp³-hybridized carbons (Fsp3) is 0.600. The maximum Gasteiger partial charge on any atom is 0.137 e. The predicted molar refractivity (Wildman–Crippen MR) is 110 cm³/mol. The van der Waals surface area contributed by atoms with Crippen LogP contribution in [0.15, 0.2) is 24.5 Å². The molecule has 150 valence electrons. The summed E-state index contributed by atoms with van der Waals surface area (Å²) in [5.74, 6) is 1.56. The van der Waals surface area contributed by atoms with Gasteiger partial charge in [0.05, 0.1) is 12.1 Å². The third kappa shape index (κ3) is 6.48. The number of hydrogen-bond donors (Lipinski definition) is 2. The first-order valence-electron chi connectivity index (χ1n) is 9.57. The molecule has 1 unspecified atom stereocenters. The Morgan fingerprint density at radius 1 is 1.11 bits per heavy atom. The maximum atomic E-state index is 9.76. The van der Waals surface area contributed by atoms with E-state index in [0.29, 0.717) is 11.8 Å². The minimum absolute atomic E-state index is 0. The van der Waals surface area contributed by atoms with Gasteiger partial charge in [-0.2, -0.15) is 0 Å². The molecule has 1 aliphatic rings. The summed E-state index contributed by atoms with van der Waals surface area (Å²) in [4.78, 5) is 8.83. The molecule has 0 aliphatic heterocycles. The lowest BCUT2D eigenvalue weighted by Gasteiger charge is -2.22. The fourth-order valence-electron chi connectivity index (χ4n) is 3.47. The number of rotatable bonds is 7. The highest BCUT2D eigenvalue weighted by atomic mass is 35.5. The highest BCUT2D eigenvalue weighted by Gasteiger charge is 2.14. The number of methoxy groups -OCH3 is 1. The zero-order chi connectivity index (χ0) is 18.2. The Labute approximate surface area is 167 Å². The molecule has 0 saturated heterocycles. The molecule has 7 heteroatoms. The molecule has 1 fully saturated rings. The predicted octanol–water partition coefficient (Wildman–Crippen LogP) is 3.96. The molecule has 1 aromatic carbocycles. The molecule has 1 aromatic heterocycles. The van der Waals surface area contributed by atoms with Gasteiger partial charge in [0.1, 0.15) is 30.6 Å². The quantitative estimate of drug-likeness (QED) is 0.738. The zero-order valence-corrected chi connectivity index (χ0v) is 16.7. The Bertz CT molecular complexity index is 693. The standard InChI is InChI=1S/C20H29N3O3.ClH/c1-25-12-16(24)13-26-17-9-10-19-18(11-17)20(22-14-21-19)23-15-7-5-3-2-4-6-8-15;/h9-11,14-16,24H,2-8,12-13H2,1H3,(H,21,22,23);1H. The van der Waals surface area contributed by atoms with Gasteiger partial charge < -0.3 is 19.9 Å². The van der Waals surface area contributed by atoms with Crippen LogP contribution in [0, 0.1) is 0 Å². The zero-order valence-electron chi connectivity index (χ0n) is 15.9. The normalized spacial score (nSPS) is 16.8. The van der Waals surface area contributed by atoms with E-state index in [2.05, 4.69) is 15.3 Å². The van der Waals surface area contributed by atoms with Crippen molar-refractivity contribution in [2.45, 2.75) is 57.1 Å². The highest BCUT2D eigenvalue weighted by molar-refractivity contribution is 5.90. The number of fused-ring (bicyclic) bond motifs is 1. The van der Waals surface area contributed by atoms with E-state index in [0.717, 1.165) is 16.7 Å². The number of hydrogen-bond acceptors (Lipinski definition) is 6. The summed E-state index contributed by atoms with van der Waals surface area (Å²) in [5, 5.41) is 14.3. The first-order valence-corrected chi connectivity index (χ1v) is 9.57. The molecular weight excluding hydrogens is 366 g/mol. The van der Waals surface area contributed by atoms with Gasteiger partial charge in [-0.15, -0.1) is 12.4 Å². The second kappa shape index (κ2) is 11.3. The van der Waals surface area contributed by atoms with Crippen LogP contribution in [-0.2, 0) is 4.74 Å². The van der Waals surface area contributed by atoms with Crippen LogP contribution in [0.25, 0.3) is 10.9 Å². The molecule has 27 heavy (non-hydrogen) atoms. The first kappa shape index (κ1) is 21.7. The van der Waals surface area contributed by atoms with Crippen molar-refractivity contribution in [3.05, 3.63) is 24.5 Å². The molecule has 1 saturated carbocycles. The minimum atomic E-state index is -0.643. The number of aliphatic hydroxyl groups excluding tert-OH is 1. The summed E-state index contributed by atoms with van der Waals surface area (Å²) < 4.78 is 10.6. The second-order valence-corrected chi connectivity index (χ2v) is 7.01. The van der Waals surface area contributed by atoms with Crippen LogP contribution in [0.3, 0.4) is 0 Å². The molecule has 1 atom stereocenters. The van der Waals surface area contributed by atoms with Crippen molar-refractivity contribution in [2.75, 3.05) is 25.6 Å². The van der Waals surface area contributed by atoms with Gasteiger partial charge in [0.25, 0.3) is 0 Å². The Morgan fingerprint density at radius 2 is 1.85 bits per heavy atom. The van der Waals surface area contributed by atoms with Gasteiger partial charge in [-0.1, -0.05) is 32.1 Å². The van der Waals surface area contributed by atoms with Gasteiger partial charge in [0.15, 0.2) is 0 Å². The Morgan fingerprint density at radius 3 is 2.59 bits per heavy atom. The molecule has 1 heterocycles. The van der Waals surface area contributed by atoms with E-state index in [4.69, 9.17) is 9.47 Å². The van der Waals surface area contributed by atoms with Gasteiger partial charge in [-0.25, -0.2) is 9.97 Å². The highest BCUT2D eigenvalue weighted by Crippen LogP contribution is 2.27. The van der Waals surface area contributed by atoms with Gasteiger partial charge in [-0.05, 0) is 31.0 Å². The van der Waals surface area contributed by atoms with E-state index in [9.17, 15) is 5.11 Å². The van der Waals surface area contributed by atoms with E-state index < -0.39 is 6.10 Å². The van der Waals surface area contributed by atoms with Crippen LogP contribution in [0.5, 0.6) is 5.75 Å². The van der Waals surface area contributed by atoms with Crippen LogP contribution in [0.2, 0.25) is 0 Å². The summed E-state index contributed by atoms with van der Waals surface area (Å²) in [5.41, 5.74) is 0.887. The average molecular weight is 396 g/mol. The van der Waals surface area contributed by atoms with E-state index in [1.807, 2.05) is 18.2 Å². The summed E-state index contributed by atoms with van der Waals surface area (Å²) in [7, 11) is 1.56. The molecule has 0 amide bonds. The van der Waals surface area contributed by atoms with Crippen molar-refractivity contribution in [1.82, 2.24) is 9.97 Å². The average Bonchev–Trinajstić information content (AvgIpc) is 2.62. The van der Waals surface area contributed by atoms with Gasteiger partial charge in [-0.3, -0.25) is 0 Å². The summed E-state index contributed by atoms with van der Waals surface area (Å²) >= 11 is 0. The van der Waals surface area contributed by atoms with E-state index >= 15 is 0 Å². The number of nitrogens with one attached hydrogen (secondary N) is 1. The van der Waals surface area contributed by atoms with Gasteiger partial charge in [0, 0.05) is 18.5 Å². The van der Waals surface area contributed by atoms with E-state index in [-0.39, 0.29) is 25.6 Å². The van der Waals surface area contributed by atoms with Crippen LogP contribution < -0.4 is 10.1 Å². The van der Waals surface area contributed by atoms with Crippen molar-refractivity contribution in [3.63, 3.8) is 0 Å². The third-order valence-corrected chi connectivity index (χ3v) is 4.85. The van der Waals surface area contributed by atoms with Gasteiger partial charge >= 0.3 is 0 Å². The number of nitrogens with zero attached hydrogens (tertiary/aromatic N) is 2. The van der Waals surface area contributed by atoms with Crippen molar-refractivity contribution in [1.29, 1.82) is 0 Å². The van der Waals surface area contributed by atoms with Gasteiger partial charge in [0.2, 0.25) is 0 Å². The second-order valence-electron chi connectivity index (χ2n) is 7.01. The molecule has 6 nitrogen and oxygen atoms in total. The molecule has 0 radical (unpaired) electrons. The van der Waals surface area contributed by atoms with Crippen molar-refractivity contribution in [2.24, 2.45) is 0 Å². The Kier molecular flexibility index (Phi) is 9.04. The summed E-state index contributed by atoms with van der Waals surface area (Å²) in [6.45, 7) is 0.448. The topological polar surface area (TPSA) is 76.5 Å². The molecule has 1 aliphatic carbocycles. The number of anilines is 1. The number of aromatic nitrogens is 2. The van der Waals surface area contributed by atoms with Crippen LogP contribution in [0.1, 0.15) is 44.9 Å². The van der Waals surface area contributed by atoms with Crippen LogP contribution in [0.4, 0.5) is 5.82 Å². The largest absolute Gasteiger partial charge is 0.491 e. The van der Waals surface area contributed by atoms with E-state index in [1.165, 1.54) is 44.9 Å². The van der Waals surface area contributed by atoms with E-state index in [1.54, 1.807) is 13.4 Å². The Balaban J connectivity index is 0.00000261. The molecule has 3 rings (SSSR count). The lowest BCUT2D eigenvalue weighted by molar-refractivity contribution is 0.0326. The molecule has 0 bridgehead atoms. The lowest BCUT2D eigenvalue weighted by atomic mass is 9.96. The smallest absolute Gasteiger partial charge is 0.137 e. The first-order chi connectivity index (χ1) is 12.8.